The molecular formula is C22H29NO3. The van der Waals surface area contributed by atoms with E-state index in [1.165, 1.54) is 18.3 Å². The first kappa shape index (κ1) is 14.8. The molecule has 26 heavy (non-hydrogen) atoms. The second kappa shape index (κ2) is 5.01. The molecule has 2 aliphatic heterocycles. The third-order valence-corrected chi connectivity index (χ3v) is 8.91. The molecule has 4 heteroatoms. The highest BCUT2D eigenvalue weighted by atomic mass is 16.5. The minimum Gasteiger partial charge on any atom is -0.469 e. The van der Waals surface area contributed by atoms with Crippen molar-refractivity contribution in [3.05, 3.63) is 11.1 Å². The number of ketones is 1. The summed E-state index contributed by atoms with van der Waals surface area (Å²) in [6.45, 7) is 4.15. The van der Waals surface area contributed by atoms with E-state index in [9.17, 15) is 11.0 Å². The second-order valence-electron chi connectivity index (χ2n) is 9.75. The zero-order valence-electron chi connectivity index (χ0n) is 16.8. The lowest BCUT2D eigenvalue weighted by molar-refractivity contribution is -0.150. The number of rotatable bonds is 1. The fraction of sp³-hybridized carbons (Fsp3) is 0.818. The fourth-order valence-electron chi connectivity index (χ4n) is 8.12. The van der Waals surface area contributed by atoms with Gasteiger partial charge in [0.1, 0.15) is 5.78 Å². The van der Waals surface area contributed by atoms with Gasteiger partial charge >= 0.3 is 5.97 Å². The fourth-order valence-corrected chi connectivity index (χ4v) is 8.12. The van der Waals surface area contributed by atoms with E-state index in [2.05, 4.69) is 11.8 Å². The summed E-state index contributed by atoms with van der Waals surface area (Å²) in [7, 11) is 1.47. The molecule has 1 unspecified atom stereocenters. The van der Waals surface area contributed by atoms with E-state index in [-0.39, 0.29) is 35.7 Å². The molecule has 0 aromatic heterocycles. The normalized spacial score (nSPS) is 54.8. The third-order valence-electron chi connectivity index (χ3n) is 8.91. The van der Waals surface area contributed by atoms with Crippen molar-refractivity contribution in [3.63, 3.8) is 0 Å². The molecule has 0 N–H and O–H groups in total. The first-order valence-corrected chi connectivity index (χ1v) is 10.5. The minimum atomic E-state index is -0.747. The molecule has 0 radical (unpaired) electrons. The average molecular weight is 356 g/mol. The van der Waals surface area contributed by atoms with E-state index in [0.29, 0.717) is 18.1 Å². The molecule has 2 saturated heterocycles. The van der Waals surface area contributed by atoms with Crippen LogP contribution in [0.25, 0.3) is 0 Å². The summed E-state index contributed by atoms with van der Waals surface area (Å²) in [4.78, 5) is 29.4. The van der Waals surface area contributed by atoms with E-state index < -0.39 is 11.3 Å². The largest absolute Gasteiger partial charge is 0.469 e. The lowest BCUT2D eigenvalue weighted by Crippen LogP contribution is -2.59. The number of ether oxygens (including phenoxy) is 1. The van der Waals surface area contributed by atoms with Gasteiger partial charge in [-0.3, -0.25) is 14.5 Å². The van der Waals surface area contributed by atoms with Gasteiger partial charge in [0.25, 0.3) is 0 Å². The molecule has 2 bridgehead atoms. The summed E-state index contributed by atoms with van der Waals surface area (Å²) in [6, 6.07) is 0.186. The van der Waals surface area contributed by atoms with Gasteiger partial charge in [0, 0.05) is 26.4 Å². The Kier molecular flexibility index (Phi) is 2.86. The number of hydrogen-bond donors (Lipinski definition) is 0. The lowest BCUT2D eigenvalue weighted by Gasteiger charge is -2.53. The topological polar surface area (TPSA) is 46.6 Å². The molecule has 0 aromatic carbocycles. The maximum atomic E-state index is 14.2. The maximum Gasteiger partial charge on any atom is 0.309 e. The molecule has 2 saturated carbocycles. The molecule has 140 valence electrons. The van der Waals surface area contributed by atoms with E-state index >= 15 is 0 Å². The maximum absolute atomic E-state index is 14.2. The van der Waals surface area contributed by atoms with Gasteiger partial charge in [-0.1, -0.05) is 18.1 Å². The SMILES string of the molecule is [2H][C@]12[C@H]3CCC4=C5C(CC4)[C@H](C(=O)OC)C[C@@]51C(=O)[C@@H]1C[C@H]2N(C3)C[C@H]1C. The Morgan fingerprint density at radius 3 is 2.88 bits per heavy atom. The van der Waals surface area contributed by atoms with Gasteiger partial charge in [-0.25, -0.2) is 0 Å². The van der Waals surface area contributed by atoms with Crippen molar-refractivity contribution in [1.82, 2.24) is 4.90 Å². The summed E-state index contributed by atoms with van der Waals surface area (Å²) in [6.07, 6.45) is 5.45. The summed E-state index contributed by atoms with van der Waals surface area (Å²) < 4.78 is 15.1. The molecule has 8 atom stereocenters. The van der Waals surface area contributed by atoms with E-state index in [1.54, 1.807) is 0 Å². The Balaban J connectivity index is 1.62. The van der Waals surface area contributed by atoms with Crippen LogP contribution < -0.4 is 0 Å². The second-order valence-corrected chi connectivity index (χ2v) is 9.75. The molecule has 0 aromatic rings. The van der Waals surface area contributed by atoms with Crippen molar-refractivity contribution in [2.75, 3.05) is 20.2 Å². The van der Waals surface area contributed by atoms with Crippen LogP contribution in [-0.4, -0.2) is 42.9 Å². The summed E-state index contributed by atoms with van der Waals surface area (Å²) in [5.41, 5.74) is 1.96. The van der Waals surface area contributed by atoms with Crippen molar-refractivity contribution < 1.29 is 15.7 Å². The van der Waals surface area contributed by atoms with E-state index in [0.717, 1.165) is 45.2 Å². The highest BCUT2D eigenvalue weighted by Crippen LogP contribution is 2.70. The molecule has 4 fully saturated rings. The number of nitrogens with zero attached hydrogens (tertiary/aromatic N) is 1. The third kappa shape index (κ3) is 1.63. The minimum absolute atomic E-state index is 0.0629. The number of carbonyl (C=O) groups excluding carboxylic acids is 2. The number of methoxy groups -OCH3 is 1. The van der Waals surface area contributed by atoms with Crippen LogP contribution in [0.1, 0.15) is 46.8 Å². The monoisotopic (exact) mass is 356 g/mol. The molecule has 4 aliphatic carbocycles. The quantitative estimate of drug-likeness (QED) is 0.535. The van der Waals surface area contributed by atoms with Crippen LogP contribution in [0.3, 0.4) is 0 Å². The van der Waals surface area contributed by atoms with Crippen molar-refractivity contribution >= 4 is 11.8 Å². The smallest absolute Gasteiger partial charge is 0.309 e. The van der Waals surface area contributed by atoms with E-state index in [4.69, 9.17) is 4.74 Å². The Morgan fingerprint density at radius 1 is 1.27 bits per heavy atom. The highest BCUT2D eigenvalue weighted by Gasteiger charge is 2.71. The number of Topliss-reactive ketones (excluding diaryl/α,β-unsaturated/α-hetero) is 1. The predicted molar refractivity (Wildman–Crippen MR) is 96.2 cm³/mol. The van der Waals surface area contributed by atoms with Crippen molar-refractivity contribution in [2.24, 2.45) is 40.9 Å². The van der Waals surface area contributed by atoms with Gasteiger partial charge in [-0.05, 0) is 62.2 Å². The van der Waals surface area contributed by atoms with Crippen LogP contribution in [0.4, 0.5) is 0 Å². The first-order chi connectivity index (χ1) is 12.9. The number of carbonyl (C=O) groups is 2. The van der Waals surface area contributed by atoms with Crippen LogP contribution >= 0.6 is 0 Å². The standard InChI is InChI=1S/C22H29NO3/c1-11-9-23-10-13-4-3-12-5-6-14-16(21(25)26-2)8-22(18(12)14)19(13)17(23)7-15(11)20(22)24/h11,13-17,19H,3-10H2,1-2H3/t11-,13+,14?,15-,16-,17-,19-,22-/m1/s1/i19D. The first-order valence-electron chi connectivity index (χ1n) is 11.0. The highest BCUT2D eigenvalue weighted by molar-refractivity contribution is 5.94. The summed E-state index contributed by atoms with van der Waals surface area (Å²) >= 11 is 0. The Bertz CT molecular complexity index is 792. The molecule has 6 aliphatic rings. The van der Waals surface area contributed by atoms with Gasteiger partial charge < -0.3 is 4.74 Å². The van der Waals surface area contributed by atoms with Crippen LogP contribution in [0.15, 0.2) is 11.1 Å². The van der Waals surface area contributed by atoms with Gasteiger partial charge in [-0.15, -0.1) is 0 Å². The zero-order valence-corrected chi connectivity index (χ0v) is 15.8. The van der Waals surface area contributed by atoms with Crippen molar-refractivity contribution in [2.45, 2.75) is 51.5 Å². The van der Waals surface area contributed by atoms with Crippen LogP contribution in [0.2, 0.25) is 0 Å². The molecular weight excluding hydrogens is 326 g/mol. The van der Waals surface area contributed by atoms with Crippen LogP contribution in [0.5, 0.6) is 0 Å². The molecule has 0 amide bonds. The summed E-state index contributed by atoms with van der Waals surface area (Å²) in [5.74, 6) is -0.00871. The van der Waals surface area contributed by atoms with Crippen LogP contribution in [0, 0.1) is 40.9 Å². The average Bonchev–Trinajstić information content (AvgIpc) is 3.27. The Hall–Kier alpha value is -1.16. The Labute approximate surface area is 156 Å². The van der Waals surface area contributed by atoms with Gasteiger partial charge in [0.15, 0.2) is 0 Å². The predicted octanol–water partition coefficient (Wildman–Crippen LogP) is 2.82. The number of allylic oxidation sites excluding steroid dienone is 2. The molecule has 1 spiro atoms. The molecule has 2 heterocycles. The molecule has 6 rings (SSSR count). The Morgan fingerprint density at radius 2 is 2.08 bits per heavy atom. The molecule has 4 nitrogen and oxygen atoms in total. The van der Waals surface area contributed by atoms with Gasteiger partial charge in [0.2, 0.25) is 0 Å². The number of piperidine rings is 1. The number of esters is 1. The lowest BCUT2D eigenvalue weighted by atomic mass is 9.53. The number of fused-ring (bicyclic) bond motifs is 1. The van der Waals surface area contributed by atoms with Gasteiger partial charge in [0.05, 0.1) is 18.4 Å². The zero-order chi connectivity index (χ0) is 18.7. The van der Waals surface area contributed by atoms with Crippen LogP contribution in [-0.2, 0) is 14.3 Å². The van der Waals surface area contributed by atoms with Gasteiger partial charge in [-0.2, -0.15) is 0 Å². The van der Waals surface area contributed by atoms with E-state index in [1.807, 2.05) is 0 Å². The summed E-state index contributed by atoms with van der Waals surface area (Å²) in [5, 5.41) is 0. The number of hydrogen-bond acceptors (Lipinski definition) is 4. The van der Waals surface area contributed by atoms with Crippen molar-refractivity contribution in [1.29, 1.82) is 0 Å². The van der Waals surface area contributed by atoms with Crippen molar-refractivity contribution in [3.8, 4) is 0 Å².